The predicted molar refractivity (Wildman–Crippen MR) is 145 cm³/mol. The van der Waals surface area contributed by atoms with Crippen molar-refractivity contribution in [1.29, 1.82) is 0 Å². The Bertz CT molecular complexity index is 1650. The molecule has 0 aliphatic heterocycles. The summed E-state index contributed by atoms with van der Waals surface area (Å²) < 4.78 is 0. The van der Waals surface area contributed by atoms with Gasteiger partial charge in [-0.25, -0.2) is 4.98 Å². The molecule has 8 nitrogen and oxygen atoms in total. The summed E-state index contributed by atoms with van der Waals surface area (Å²) in [5.41, 5.74) is 8.03. The van der Waals surface area contributed by atoms with Gasteiger partial charge in [0.15, 0.2) is 5.65 Å². The van der Waals surface area contributed by atoms with E-state index in [0.29, 0.717) is 18.0 Å². The second-order valence-corrected chi connectivity index (χ2v) is 10.0. The lowest BCUT2D eigenvalue weighted by molar-refractivity contribution is 0.176. The molecule has 0 aliphatic rings. The van der Waals surface area contributed by atoms with Crippen LogP contribution in [0.3, 0.4) is 0 Å². The number of aliphatic hydroxyl groups is 1. The fourth-order valence-electron chi connectivity index (χ4n) is 4.45. The third-order valence-corrected chi connectivity index (χ3v) is 6.80. The third-order valence-electron chi connectivity index (χ3n) is 6.11. The average Bonchev–Trinajstić information content (AvgIpc) is 3.62. The lowest BCUT2D eigenvalue weighted by Gasteiger charge is -2.16. The second-order valence-electron chi connectivity index (χ2n) is 9.26. The molecule has 6 rings (SSSR count). The summed E-state index contributed by atoms with van der Waals surface area (Å²) in [5, 5.41) is 27.2. The number of hydrogen-bond acceptors (Lipinski definition) is 7. The number of pyridine rings is 3. The van der Waals surface area contributed by atoms with E-state index < -0.39 is 6.23 Å². The van der Waals surface area contributed by atoms with Crippen LogP contribution in [0.2, 0.25) is 0 Å². The molecule has 0 saturated heterocycles. The van der Waals surface area contributed by atoms with Crippen LogP contribution >= 0.6 is 11.3 Å². The molecule has 36 heavy (non-hydrogen) atoms. The first-order chi connectivity index (χ1) is 17.5. The van der Waals surface area contributed by atoms with Crippen LogP contribution in [0.15, 0.2) is 65.9 Å². The molecule has 0 aliphatic carbocycles. The molecule has 1 atom stereocenters. The topological polar surface area (TPSA) is 115 Å². The van der Waals surface area contributed by atoms with Gasteiger partial charge in [-0.05, 0) is 48.1 Å². The van der Waals surface area contributed by atoms with E-state index in [2.05, 4.69) is 78.3 Å². The largest absolute Gasteiger partial charge is 0.374 e. The molecule has 0 fully saturated rings. The van der Waals surface area contributed by atoms with Crippen molar-refractivity contribution in [3.05, 3.63) is 65.9 Å². The van der Waals surface area contributed by atoms with Gasteiger partial charge in [-0.3, -0.25) is 15.1 Å². The van der Waals surface area contributed by atoms with Crippen molar-refractivity contribution in [3.63, 3.8) is 0 Å². The number of aliphatic hydroxyl groups excluding tert-OH is 1. The lowest BCUT2D eigenvalue weighted by atomic mass is 10.1. The quantitative estimate of drug-likeness (QED) is 0.200. The highest BCUT2D eigenvalue weighted by Crippen LogP contribution is 2.34. The summed E-state index contributed by atoms with van der Waals surface area (Å²) in [6, 6.07) is 10.2. The van der Waals surface area contributed by atoms with E-state index in [0.717, 1.165) is 55.7 Å². The Kier molecular flexibility index (Phi) is 5.71. The summed E-state index contributed by atoms with van der Waals surface area (Å²) in [6.45, 7) is 4.16. The zero-order valence-electron chi connectivity index (χ0n) is 19.9. The van der Waals surface area contributed by atoms with Crippen molar-refractivity contribution < 1.29 is 5.11 Å². The maximum Gasteiger partial charge on any atom is 0.155 e. The first kappa shape index (κ1) is 22.4. The summed E-state index contributed by atoms with van der Waals surface area (Å²) in [4.78, 5) is 17.1. The van der Waals surface area contributed by atoms with Crippen molar-refractivity contribution in [2.24, 2.45) is 5.92 Å². The van der Waals surface area contributed by atoms with Crippen LogP contribution in [0.4, 0.5) is 5.69 Å². The van der Waals surface area contributed by atoms with Crippen LogP contribution in [0.1, 0.15) is 20.3 Å². The first-order valence-corrected chi connectivity index (χ1v) is 12.7. The third kappa shape index (κ3) is 4.23. The highest BCUT2D eigenvalue weighted by atomic mass is 32.1. The molecule has 6 heterocycles. The molecule has 0 aromatic carbocycles. The molecule has 0 radical (unpaired) electrons. The number of nitrogens with one attached hydrogen (secondary N) is 3. The number of H-pyrrole nitrogens is 2. The van der Waals surface area contributed by atoms with Crippen LogP contribution < -0.4 is 5.32 Å². The van der Waals surface area contributed by atoms with Crippen molar-refractivity contribution in [3.8, 4) is 33.8 Å². The number of thiophene rings is 1. The molecule has 0 spiro atoms. The van der Waals surface area contributed by atoms with E-state index in [4.69, 9.17) is 0 Å². The summed E-state index contributed by atoms with van der Waals surface area (Å²) >= 11 is 1.66. The molecule has 180 valence electrons. The summed E-state index contributed by atoms with van der Waals surface area (Å²) in [5.74, 6) is 0.386. The number of hydrogen-bond donors (Lipinski definition) is 4. The molecule has 6 aromatic rings. The van der Waals surface area contributed by atoms with Crippen LogP contribution in [-0.4, -0.2) is 41.5 Å². The normalized spacial score (nSPS) is 12.6. The van der Waals surface area contributed by atoms with Crippen molar-refractivity contribution in [2.45, 2.75) is 26.5 Å². The minimum Gasteiger partial charge on any atom is -0.374 e. The SMILES string of the molecule is CC(C)CC(O)Nc1cncc(-c2cnc3[nH]nc(-c4cc5c(-c6ccsc6)nccc5[nH]4)c3c2)c1. The summed E-state index contributed by atoms with van der Waals surface area (Å²) in [7, 11) is 0. The van der Waals surface area contributed by atoms with Gasteiger partial charge < -0.3 is 15.4 Å². The minimum atomic E-state index is -0.626. The Morgan fingerprint density at radius 2 is 1.86 bits per heavy atom. The van der Waals surface area contributed by atoms with Crippen molar-refractivity contribution >= 4 is 39.0 Å². The van der Waals surface area contributed by atoms with Crippen LogP contribution in [0.5, 0.6) is 0 Å². The lowest BCUT2D eigenvalue weighted by Crippen LogP contribution is -2.20. The molecule has 1 unspecified atom stereocenters. The first-order valence-electron chi connectivity index (χ1n) is 11.8. The van der Waals surface area contributed by atoms with Gasteiger partial charge >= 0.3 is 0 Å². The second kappa shape index (κ2) is 9.18. The van der Waals surface area contributed by atoms with E-state index in [1.807, 2.05) is 18.3 Å². The molecular formula is C27H25N7OS. The summed E-state index contributed by atoms with van der Waals surface area (Å²) in [6.07, 6.45) is 7.17. The van der Waals surface area contributed by atoms with Gasteiger partial charge in [-0.15, -0.1) is 0 Å². The van der Waals surface area contributed by atoms with Gasteiger partial charge in [0.25, 0.3) is 0 Å². The maximum atomic E-state index is 10.3. The molecule has 4 N–H and O–H groups in total. The highest BCUT2D eigenvalue weighted by molar-refractivity contribution is 7.08. The zero-order chi connectivity index (χ0) is 24.6. The Morgan fingerprint density at radius 3 is 2.69 bits per heavy atom. The number of rotatable bonds is 7. The van der Waals surface area contributed by atoms with E-state index in [9.17, 15) is 5.11 Å². The minimum absolute atomic E-state index is 0.386. The Hall–Kier alpha value is -4.08. The molecule has 0 amide bonds. The van der Waals surface area contributed by atoms with E-state index in [1.165, 1.54) is 0 Å². The van der Waals surface area contributed by atoms with Gasteiger partial charge in [0.1, 0.15) is 11.9 Å². The predicted octanol–water partition coefficient (Wildman–Crippen LogP) is 6.07. The highest BCUT2D eigenvalue weighted by Gasteiger charge is 2.16. The van der Waals surface area contributed by atoms with Crippen molar-refractivity contribution in [1.82, 2.24) is 30.1 Å². The van der Waals surface area contributed by atoms with Gasteiger partial charge in [0, 0.05) is 57.0 Å². The maximum absolute atomic E-state index is 10.3. The van der Waals surface area contributed by atoms with E-state index in [-0.39, 0.29) is 0 Å². The fourth-order valence-corrected chi connectivity index (χ4v) is 5.09. The standard InChI is InChI=1S/C27H25N7OS/c1-15(2)7-24(35)31-19-8-17(11-28-13-19)18-9-21-26(33-34-27(21)30-12-18)23-10-20-22(32-23)3-5-29-25(20)16-4-6-36-14-16/h3-6,8-15,24,31-32,35H,7H2,1-2H3,(H,30,33,34). The van der Waals surface area contributed by atoms with Crippen LogP contribution in [-0.2, 0) is 0 Å². The molecule has 6 aromatic heterocycles. The molecule has 9 heteroatoms. The number of anilines is 1. The number of aromatic amines is 2. The number of nitrogens with zero attached hydrogens (tertiary/aromatic N) is 4. The molecule has 0 bridgehead atoms. The van der Waals surface area contributed by atoms with Crippen LogP contribution in [0.25, 0.3) is 55.7 Å². The number of fused-ring (bicyclic) bond motifs is 2. The van der Waals surface area contributed by atoms with Gasteiger partial charge in [0.05, 0.1) is 23.3 Å². The number of aromatic nitrogens is 6. The Labute approximate surface area is 211 Å². The van der Waals surface area contributed by atoms with Crippen LogP contribution in [0, 0.1) is 5.92 Å². The van der Waals surface area contributed by atoms with E-state index in [1.54, 1.807) is 29.9 Å². The van der Waals surface area contributed by atoms with Crippen molar-refractivity contribution in [2.75, 3.05) is 5.32 Å². The van der Waals surface area contributed by atoms with Gasteiger partial charge in [-0.1, -0.05) is 13.8 Å². The van der Waals surface area contributed by atoms with Gasteiger partial charge in [-0.2, -0.15) is 16.4 Å². The zero-order valence-corrected chi connectivity index (χ0v) is 20.7. The smallest absolute Gasteiger partial charge is 0.155 e. The monoisotopic (exact) mass is 495 g/mol. The Morgan fingerprint density at radius 1 is 0.972 bits per heavy atom. The Balaban J connectivity index is 1.37. The fraction of sp³-hybridized carbons (Fsp3) is 0.185. The van der Waals surface area contributed by atoms with Gasteiger partial charge in [0.2, 0.25) is 0 Å². The molecular weight excluding hydrogens is 470 g/mol. The molecule has 0 saturated carbocycles. The average molecular weight is 496 g/mol. The van der Waals surface area contributed by atoms with E-state index >= 15 is 0 Å².